The molecule has 0 heterocycles. The zero-order valence-electron chi connectivity index (χ0n) is 20.5. The van der Waals surface area contributed by atoms with Gasteiger partial charge in [0, 0.05) is 17.6 Å². The zero-order valence-corrected chi connectivity index (χ0v) is 22.1. The monoisotopic (exact) mass is 519 g/mol. The van der Waals surface area contributed by atoms with Gasteiger partial charge in [-0.2, -0.15) is 0 Å². The molecule has 1 N–H and O–H groups in total. The molecule has 1 aliphatic rings. The Balaban J connectivity index is 1.86. The van der Waals surface area contributed by atoms with Gasteiger partial charge in [0.25, 0.3) is 0 Å². The van der Waals surface area contributed by atoms with Gasteiger partial charge in [0.05, 0.1) is 11.9 Å². The number of anilines is 1. The van der Waals surface area contributed by atoms with Gasteiger partial charge in [0.15, 0.2) is 0 Å². The van der Waals surface area contributed by atoms with Crippen LogP contribution in [0.25, 0.3) is 0 Å². The third-order valence-corrected chi connectivity index (χ3v) is 7.74. The van der Waals surface area contributed by atoms with Gasteiger partial charge < -0.3 is 10.2 Å². The number of hydrogen-bond acceptors (Lipinski definition) is 4. The number of carbonyl (C=O) groups is 2. The van der Waals surface area contributed by atoms with Gasteiger partial charge in [-0.3, -0.25) is 13.9 Å². The van der Waals surface area contributed by atoms with Crippen LogP contribution in [-0.2, 0) is 26.2 Å². The lowest BCUT2D eigenvalue weighted by Crippen LogP contribution is -2.52. The number of rotatable bonds is 9. The summed E-state index contributed by atoms with van der Waals surface area (Å²) in [5.74, 6) is -0.701. The van der Waals surface area contributed by atoms with Crippen LogP contribution in [0.2, 0.25) is 5.02 Å². The van der Waals surface area contributed by atoms with Crippen molar-refractivity contribution in [2.75, 3.05) is 17.1 Å². The summed E-state index contributed by atoms with van der Waals surface area (Å²) < 4.78 is 26.2. The number of benzene rings is 2. The Hall–Kier alpha value is -2.58. The summed E-state index contributed by atoms with van der Waals surface area (Å²) in [6, 6.07) is 13.4. The Morgan fingerprint density at radius 1 is 1.09 bits per heavy atom. The normalized spacial score (nSPS) is 15.3. The van der Waals surface area contributed by atoms with E-state index in [1.54, 1.807) is 25.1 Å². The zero-order chi connectivity index (χ0) is 25.6. The van der Waals surface area contributed by atoms with Crippen molar-refractivity contribution in [2.24, 2.45) is 0 Å². The van der Waals surface area contributed by atoms with Gasteiger partial charge in [-0.25, -0.2) is 8.42 Å². The summed E-state index contributed by atoms with van der Waals surface area (Å²) in [6.07, 6.45) is 6.24. The molecule has 0 spiro atoms. The molecule has 2 aromatic rings. The highest BCUT2D eigenvalue weighted by Crippen LogP contribution is 2.23. The third-order valence-electron chi connectivity index (χ3n) is 6.37. The molecular formula is C26H34ClN3O4S. The topological polar surface area (TPSA) is 86.8 Å². The SMILES string of the molecule is Cc1ccc(CN(C(=O)CN(c2cccc(Cl)c2)S(C)(=O)=O)[C@@H](C)C(=O)NC2CCCCC2)cc1. The number of halogens is 1. The molecule has 9 heteroatoms. The highest BCUT2D eigenvalue weighted by atomic mass is 35.5. The first-order valence-corrected chi connectivity index (χ1v) is 14.2. The lowest BCUT2D eigenvalue weighted by atomic mass is 9.95. The van der Waals surface area contributed by atoms with E-state index in [9.17, 15) is 18.0 Å². The number of carbonyl (C=O) groups excluding carboxylic acids is 2. The number of aryl methyl sites for hydroxylation is 1. The summed E-state index contributed by atoms with van der Waals surface area (Å²) >= 11 is 6.07. The molecule has 2 aromatic carbocycles. The summed E-state index contributed by atoms with van der Waals surface area (Å²) in [7, 11) is -3.78. The van der Waals surface area contributed by atoms with Gasteiger partial charge in [0.2, 0.25) is 21.8 Å². The van der Waals surface area contributed by atoms with Crippen LogP contribution < -0.4 is 9.62 Å². The molecule has 3 rings (SSSR count). The van der Waals surface area contributed by atoms with E-state index >= 15 is 0 Å². The number of nitrogens with one attached hydrogen (secondary N) is 1. The fourth-order valence-corrected chi connectivity index (χ4v) is 5.31. The molecule has 0 bridgehead atoms. The molecule has 7 nitrogen and oxygen atoms in total. The second kappa shape index (κ2) is 11.9. The molecule has 0 aliphatic heterocycles. The summed E-state index contributed by atoms with van der Waals surface area (Å²) in [4.78, 5) is 28.2. The fourth-order valence-electron chi connectivity index (χ4n) is 4.29. The number of hydrogen-bond donors (Lipinski definition) is 1. The molecule has 0 saturated heterocycles. The fraction of sp³-hybridized carbons (Fsp3) is 0.462. The van der Waals surface area contributed by atoms with Crippen LogP contribution >= 0.6 is 11.6 Å². The van der Waals surface area contributed by atoms with Crippen molar-refractivity contribution in [3.63, 3.8) is 0 Å². The molecule has 1 aliphatic carbocycles. The van der Waals surface area contributed by atoms with Gasteiger partial charge >= 0.3 is 0 Å². The van der Waals surface area contributed by atoms with Crippen molar-refractivity contribution in [3.05, 3.63) is 64.7 Å². The van der Waals surface area contributed by atoms with Crippen LogP contribution in [0.15, 0.2) is 48.5 Å². The predicted molar refractivity (Wildman–Crippen MR) is 140 cm³/mol. The molecule has 35 heavy (non-hydrogen) atoms. The van der Waals surface area contributed by atoms with Crippen molar-refractivity contribution < 1.29 is 18.0 Å². The van der Waals surface area contributed by atoms with E-state index < -0.39 is 28.5 Å². The number of nitrogens with zero attached hydrogens (tertiary/aromatic N) is 2. The minimum Gasteiger partial charge on any atom is -0.352 e. The van der Waals surface area contributed by atoms with E-state index in [1.807, 2.05) is 31.2 Å². The molecule has 1 atom stereocenters. The van der Waals surface area contributed by atoms with E-state index in [-0.39, 0.29) is 18.5 Å². The van der Waals surface area contributed by atoms with E-state index in [4.69, 9.17) is 11.6 Å². The average molecular weight is 520 g/mol. The van der Waals surface area contributed by atoms with Crippen molar-refractivity contribution >= 4 is 39.1 Å². The smallest absolute Gasteiger partial charge is 0.244 e. The molecule has 1 saturated carbocycles. The van der Waals surface area contributed by atoms with Crippen LogP contribution in [0.5, 0.6) is 0 Å². The van der Waals surface area contributed by atoms with Gasteiger partial charge in [0.1, 0.15) is 12.6 Å². The van der Waals surface area contributed by atoms with Crippen LogP contribution in [0.4, 0.5) is 5.69 Å². The minimum absolute atomic E-state index is 0.106. The molecular weight excluding hydrogens is 486 g/mol. The van der Waals surface area contributed by atoms with E-state index in [1.165, 1.54) is 17.4 Å². The van der Waals surface area contributed by atoms with Gasteiger partial charge in [-0.05, 0) is 50.5 Å². The molecule has 0 unspecified atom stereocenters. The van der Waals surface area contributed by atoms with E-state index in [0.717, 1.165) is 47.4 Å². The molecule has 1 fully saturated rings. The lowest BCUT2D eigenvalue weighted by Gasteiger charge is -2.33. The van der Waals surface area contributed by atoms with Crippen molar-refractivity contribution in [1.82, 2.24) is 10.2 Å². The van der Waals surface area contributed by atoms with E-state index in [2.05, 4.69) is 5.32 Å². The van der Waals surface area contributed by atoms with Crippen molar-refractivity contribution in [2.45, 2.75) is 64.6 Å². The first kappa shape index (κ1) is 27.0. The molecule has 2 amide bonds. The first-order chi connectivity index (χ1) is 16.5. The molecule has 0 radical (unpaired) electrons. The highest BCUT2D eigenvalue weighted by molar-refractivity contribution is 7.92. The minimum atomic E-state index is -3.78. The number of sulfonamides is 1. The average Bonchev–Trinajstić information content (AvgIpc) is 2.81. The maximum absolute atomic E-state index is 13.6. The maximum atomic E-state index is 13.6. The van der Waals surface area contributed by atoms with Crippen LogP contribution in [-0.4, -0.2) is 50.0 Å². The Labute approximate surface area is 213 Å². The Bertz CT molecular complexity index is 1130. The summed E-state index contributed by atoms with van der Waals surface area (Å²) in [6.45, 7) is 3.41. The van der Waals surface area contributed by atoms with Crippen molar-refractivity contribution in [1.29, 1.82) is 0 Å². The van der Waals surface area contributed by atoms with Crippen molar-refractivity contribution in [3.8, 4) is 0 Å². The van der Waals surface area contributed by atoms with Crippen LogP contribution in [0.1, 0.15) is 50.2 Å². The largest absolute Gasteiger partial charge is 0.352 e. The Morgan fingerprint density at radius 3 is 2.34 bits per heavy atom. The lowest BCUT2D eigenvalue weighted by molar-refractivity contribution is -0.139. The number of amides is 2. The third kappa shape index (κ3) is 7.70. The van der Waals surface area contributed by atoms with Crippen LogP contribution in [0.3, 0.4) is 0 Å². The second-order valence-electron chi connectivity index (χ2n) is 9.28. The quantitative estimate of drug-likeness (QED) is 0.535. The second-order valence-corrected chi connectivity index (χ2v) is 11.6. The maximum Gasteiger partial charge on any atom is 0.244 e. The Morgan fingerprint density at radius 2 is 1.74 bits per heavy atom. The van der Waals surface area contributed by atoms with Gasteiger partial charge in [-0.1, -0.05) is 66.8 Å². The summed E-state index contributed by atoms with van der Waals surface area (Å²) in [5.41, 5.74) is 2.23. The summed E-state index contributed by atoms with van der Waals surface area (Å²) in [5, 5.41) is 3.45. The predicted octanol–water partition coefficient (Wildman–Crippen LogP) is 4.28. The molecule has 190 valence electrons. The Kier molecular flexibility index (Phi) is 9.19. The van der Waals surface area contributed by atoms with Crippen LogP contribution in [0, 0.1) is 6.92 Å². The first-order valence-electron chi connectivity index (χ1n) is 11.9. The highest BCUT2D eigenvalue weighted by Gasteiger charge is 2.31. The standard InChI is InChI=1S/C26H34ClN3O4S/c1-19-12-14-21(15-13-19)17-29(20(2)26(32)28-23-9-5-4-6-10-23)25(31)18-30(35(3,33)34)24-11-7-8-22(27)16-24/h7-8,11-16,20,23H,4-6,9-10,17-18H2,1-3H3,(H,28,32)/t20-/m0/s1. The van der Waals surface area contributed by atoms with E-state index in [0.29, 0.717) is 10.7 Å². The molecule has 0 aromatic heterocycles. The van der Waals surface area contributed by atoms with Gasteiger partial charge in [-0.15, -0.1) is 0 Å².